The first-order valence-corrected chi connectivity index (χ1v) is 9.25. The number of methoxy groups -OCH3 is 2. The van der Waals surface area contributed by atoms with Crippen molar-refractivity contribution in [3.8, 4) is 11.5 Å². The molecule has 0 amide bonds. The summed E-state index contributed by atoms with van der Waals surface area (Å²) in [4.78, 5) is 0.294. The first-order chi connectivity index (χ1) is 11.5. The molecule has 1 heterocycles. The maximum Gasteiger partial charge on any atom is 0.264 e. The number of rotatable bonds is 4. The molecule has 6 heteroatoms. The van der Waals surface area contributed by atoms with E-state index in [2.05, 4.69) is 0 Å². The monoisotopic (exact) mass is 347 g/mol. The lowest BCUT2D eigenvalue weighted by Crippen LogP contribution is -2.35. The fourth-order valence-corrected chi connectivity index (χ4v) is 4.51. The number of benzene rings is 2. The van der Waals surface area contributed by atoms with Crippen molar-refractivity contribution in [3.63, 3.8) is 0 Å². The third-order valence-corrected chi connectivity index (χ3v) is 6.11. The van der Waals surface area contributed by atoms with Gasteiger partial charge in [-0.3, -0.25) is 4.31 Å². The zero-order chi connectivity index (χ0) is 17.3. The van der Waals surface area contributed by atoms with E-state index in [4.69, 9.17) is 9.47 Å². The van der Waals surface area contributed by atoms with E-state index >= 15 is 0 Å². The van der Waals surface area contributed by atoms with Gasteiger partial charge in [0, 0.05) is 24.2 Å². The van der Waals surface area contributed by atoms with Gasteiger partial charge in [-0.25, -0.2) is 8.42 Å². The molecule has 0 fully saturated rings. The lowest BCUT2D eigenvalue weighted by molar-refractivity contribution is 0.390. The number of anilines is 1. The summed E-state index contributed by atoms with van der Waals surface area (Å²) < 4.78 is 38.4. The van der Waals surface area contributed by atoms with Crippen molar-refractivity contribution in [2.45, 2.75) is 24.7 Å². The normalized spacial score (nSPS) is 14.2. The Morgan fingerprint density at radius 1 is 1.04 bits per heavy atom. The first kappa shape index (κ1) is 16.6. The molecule has 0 saturated heterocycles. The van der Waals surface area contributed by atoms with Gasteiger partial charge in [0.15, 0.2) is 0 Å². The van der Waals surface area contributed by atoms with Crippen LogP contribution >= 0.6 is 0 Å². The lowest BCUT2D eigenvalue weighted by Gasteiger charge is -2.31. The van der Waals surface area contributed by atoms with E-state index in [0.29, 0.717) is 28.6 Å². The van der Waals surface area contributed by atoms with Crippen LogP contribution in [0.2, 0.25) is 0 Å². The Morgan fingerprint density at radius 3 is 2.38 bits per heavy atom. The molecule has 0 radical (unpaired) electrons. The van der Waals surface area contributed by atoms with E-state index in [-0.39, 0.29) is 0 Å². The van der Waals surface area contributed by atoms with Gasteiger partial charge in [-0.15, -0.1) is 0 Å². The number of hydrogen-bond donors (Lipinski definition) is 0. The molecular weight excluding hydrogens is 326 g/mol. The SMILES string of the molecule is COc1cc(OC)c2c(c1)N(S(=O)(=O)c1ccc(C)cc1)CCC2. The zero-order valence-electron chi connectivity index (χ0n) is 14.1. The Bertz CT molecular complexity index is 844. The molecule has 0 spiro atoms. The third-order valence-electron chi connectivity index (χ3n) is 4.28. The van der Waals surface area contributed by atoms with E-state index in [1.165, 1.54) is 4.31 Å². The van der Waals surface area contributed by atoms with Gasteiger partial charge in [0.2, 0.25) is 0 Å². The van der Waals surface area contributed by atoms with E-state index in [1.54, 1.807) is 38.5 Å². The molecular formula is C18H21NO4S. The number of aryl methyl sites for hydroxylation is 1. The van der Waals surface area contributed by atoms with Crippen LogP contribution in [0.3, 0.4) is 0 Å². The van der Waals surface area contributed by atoms with Crippen LogP contribution in [-0.4, -0.2) is 29.2 Å². The van der Waals surface area contributed by atoms with Crippen LogP contribution in [0.4, 0.5) is 5.69 Å². The summed E-state index contributed by atoms with van der Waals surface area (Å²) in [6.07, 6.45) is 1.53. The second kappa shape index (κ2) is 6.36. The standard InChI is InChI=1S/C18H21NO4S/c1-13-6-8-15(9-7-13)24(20,21)19-10-4-5-16-17(19)11-14(22-2)12-18(16)23-3/h6-9,11-12H,4-5,10H2,1-3H3. The number of fused-ring (bicyclic) bond motifs is 1. The topological polar surface area (TPSA) is 55.8 Å². The highest BCUT2D eigenvalue weighted by Crippen LogP contribution is 2.40. The molecule has 0 aliphatic carbocycles. The average Bonchev–Trinajstić information content (AvgIpc) is 2.60. The maximum absolute atomic E-state index is 13.1. The van der Waals surface area contributed by atoms with Gasteiger partial charge in [0.05, 0.1) is 24.8 Å². The van der Waals surface area contributed by atoms with Crippen LogP contribution in [0.1, 0.15) is 17.5 Å². The number of nitrogens with zero attached hydrogens (tertiary/aromatic N) is 1. The highest BCUT2D eigenvalue weighted by molar-refractivity contribution is 7.92. The zero-order valence-corrected chi connectivity index (χ0v) is 14.9. The highest BCUT2D eigenvalue weighted by Gasteiger charge is 2.31. The molecule has 24 heavy (non-hydrogen) atoms. The predicted molar refractivity (Wildman–Crippen MR) is 93.6 cm³/mol. The van der Waals surface area contributed by atoms with Crippen molar-refractivity contribution in [3.05, 3.63) is 47.5 Å². The van der Waals surface area contributed by atoms with E-state index in [1.807, 2.05) is 19.1 Å². The predicted octanol–water partition coefficient (Wildman–Crippen LogP) is 3.15. The molecule has 1 aliphatic rings. The Kier molecular flexibility index (Phi) is 4.41. The fourth-order valence-electron chi connectivity index (χ4n) is 2.99. The maximum atomic E-state index is 13.1. The van der Waals surface area contributed by atoms with Gasteiger partial charge in [-0.2, -0.15) is 0 Å². The van der Waals surface area contributed by atoms with Gasteiger partial charge in [-0.05, 0) is 31.9 Å². The lowest BCUT2D eigenvalue weighted by atomic mass is 10.0. The molecule has 3 rings (SSSR count). The van der Waals surface area contributed by atoms with Crippen LogP contribution in [0.15, 0.2) is 41.3 Å². The number of ether oxygens (including phenoxy) is 2. The minimum atomic E-state index is -3.62. The molecule has 2 aromatic rings. The molecule has 0 unspecified atom stereocenters. The second-order valence-electron chi connectivity index (χ2n) is 5.82. The average molecular weight is 347 g/mol. The largest absolute Gasteiger partial charge is 0.497 e. The van der Waals surface area contributed by atoms with Gasteiger partial charge >= 0.3 is 0 Å². The Hall–Kier alpha value is -2.21. The summed E-state index contributed by atoms with van der Waals surface area (Å²) in [5, 5.41) is 0. The van der Waals surface area contributed by atoms with Crippen LogP contribution in [0.5, 0.6) is 11.5 Å². The van der Waals surface area contributed by atoms with E-state index < -0.39 is 10.0 Å². The number of hydrogen-bond acceptors (Lipinski definition) is 4. The molecule has 0 N–H and O–H groups in total. The molecule has 0 saturated carbocycles. The van der Waals surface area contributed by atoms with E-state index in [0.717, 1.165) is 24.0 Å². The molecule has 2 aromatic carbocycles. The summed E-state index contributed by atoms with van der Waals surface area (Å²) in [5.41, 5.74) is 2.56. The van der Waals surface area contributed by atoms with Gasteiger partial charge < -0.3 is 9.47 Å². The Labute approximate surface area is 142 Å². The molecule has 128 valence electrons. The molecule has 0 bridgehead atoms. The minimum absolute atomic E-state index is 0.294. The van der Waals surface area contributed by atoms with Crippen LogP contribution in [0, 0.1) is 6.92 Å². The summed E-state index contributed by atoms with van der Waals surface area (Å²) in [6, 6.07) is 10.5. The van der Waals surface area contributed by atoms with Crippen LogP contribution in [0.25, 0.3) is 0 Å². The smallest absolute Gasteiger partial charge is 0.264 e. The third kappa shape index (κ3) is 2.82. The van der Waals surface area contributed by atoms with Crippen LogP contribution < -0.4 is 13.8 Å². The van der Waals surface area contributed by atoms with Crippen molar-refractivity contribution in [2.24, 2.45) is 0 Å². The second-order valence-corrected chi connectivity index (χ2v) is 7.68. The fraction of sp³-hybridized carbons (Fsp3) is 0.333. The Morgan fingerprint density at radius 2 is 1.75 bits per heavy atom. The van der Waals surface area contributed by atoms with E-state index in [9.17, 15) is 8.42 Å². The summed E-state index contributed by atoms with van der Waals surface area (Å²) in [6.45, 7) is 2.38. The Balaban J connectivity index is 2.13. The van der Waals surface area contributed by atoms with Crippen molar-refractivity contribution >= 4 is 15.7 Å². The summed E-state index contributed by atoms with van der Waals surface area (Å²) in [5.74, 6) is 1.24. The van der Waals surface area contributed by atoms with Gasteiger partial charge in [0.25, 0.3) is 10.0 Å². The van der Waals surface area contributed by atoms with Crippen LogP contribution in [-0.2, 0) is 16.4 Å². The number of sulfonamides is 1. The van der Waals surface area contributed by atoms with Crippen molar-refractivity contribution in [1.29, 1.82) is 0 Å². The van der Waals surface area contributed by atoms with Crippen molar-refractivity contribution in [1.82, 2.24) is 0 Å². The highest BCUT2D eigenvalue weighted by atomic mass is 32.2. The molecule has 0 atom stereocenters. The van der Waals surface area contributed by atoms with Gasteiger partial charge in [-0.1, -0.05) is 17.7 Å². The molecule has 5 nitrogen and oxygen atoms in total. The van der Waals surface area contributed by atoms with Gasteiger partial charge in [0.1, 0.15) is 11.5 Å². The summed E-state index contributed by atoms with van der Waals surface area (Å²) in [7, 11) is -0.476. The quantitative estimate of drug-likeness (QED) is 0.852. The van der Waals surface area contributed by atoms with Crippen molar-refractivity contribution in [2.75, 3.05) is 25.1 Å². The molecule has 0 aromatic heterocycles. The van der Waals surface area contributed by atoms with Crippen molar-refractivity contribution < 1.29 is 17.9 Å². The first-order valence-electron chi connectivity index (χ1n) is 7.81. The summed E-state index contributed by atoms with van der Waals surface area (Å²) >= 11 is 0. The minimum Gasteiger partial charge on any atom is -0.497 e. The molecule has 1 aliphatic heterocycles.